The minimum Gasteiger partial charge on any atom is -0.122 e. The summed E-state index contributed by atoms with van der Waals surface area (Å²) in [5, 5.41) is 0.486. The van der Waals surface area contributed by atoms with Gasteiger partial charge in [0.1, 0.15) is 0 Å². The van der Waals surface area contributed by atoms with Gasteiger partial charge >= 0.3 is 0 Å². The highest BCUT2D eigenvalue weighted by Gasteiger charge is 2.52. The Balaban J connectivity index is 2.06. The molecular formula is C9H11Cl. The Morgan fingerprint density at radius 2 is 2.10 bits per heavy atom. The predicted molar refractivity (Wildman–Crippen MR) is 42.0 cm³/mol. The van der Waals surface area contributed by atoms with Crippen molar-refractivity contribution < 1.29 is 0 Å². The van der Waals surface area contributed by atoms with Gasteiger partial charge in [-0.1, -0.05) is 12.2 Å². The molecule has 3 aliphatic rings. The third-order valence-electron chi connectivity index (χ3n) is 3.59. The van der Waals surface area contributed by atoms with Crippen molar-refractivity contribution in [3.05, 3.63) is 12.2 Å². The fourth-order valence-electron chi connectivity index (χ4n) is 3.14. The van der Waals surface area contributed by atoms with E-state index in [1.165, 1.54) is 12.8 Å². The van der Waals surface area contributed by atoms with E-state index < -0.39 is 0 Å². The molecule has 0 heterocycles. The first-order chi connectivity index (χ1) is 4.86. The Morgan fingerprint density at radius 3 is 2.80 bits per heavy atom. The lowest BCUT2D eigenvalue weighted by Crippen LogP contribution is -2.21. The molecule has 0 aliphatic heterocycles. The summed E-state index contributed by atoms with van der Waals surface area (Å²) < 4.78 is 0. The highest BCUT2D eigenvalue weighted by Crippen LogP contribution is 2.58. The minimum absolute atomic E-state index is 0.486. The van der Waals surface area contributed by atoms with Crippen molar-refractivity contribution in [1.29, 1.82) is 0 Å². The number of fused-ring (bicyclic) bond motifs is 1. The number of alkyl halides is 1. The average molecular weight is 155 g/mol. The lowest BCUT2D eigenvalue weighted by Gasteiger charge is -2.22. The fraction of sp³-hybridized carbons (Fsp3) is 0.778. The minimum atomic E-state index is 0.486. The van der Waals surface area contributed by atoms with E-state index in [9.17, 15) is 0 Å². The molecule has 2 fully saturated rings. The van der Waals surface area contributed by atoms with E-state index in [4.69, 9.17) is 11.6 Å². The van der Waals surface area contributed by atoms with Crippen LogP contribution in [0.15, 0.2) is 12.2 Å². The van der Waals surface area contributed by atoms with Crippen LogP contribution in [0.2, 0.25) is 0 Å². The summed E-state index contributed by atoms with van der Waals surface area (Å²) in [6, 6.07) is 0. The summed E-state index contributed by atoms with van der Waals surface area (Å²) in [5.74, 6) is 3.49. The smallest absolute Gasteiger partial charge is 0.0430 e. The van der Waals surface area contributed by atoms with Gasteiger partial charge in [-0.3, -0.25) is 0 Å². The monoisotopic (exact) mass is 154 g/mol. The van der Waals surface area contributed by atoms with Gasteiger partial charge in [0, 0.05) is 5.38 Å². The number of halogens is 1. The molecule has 10 heavy (non-hydrogen) atoms. The Bertz CT molecular complexity index is 197. The highest BCUT2D eigenvalue weighted by molar-refractivity contribution is 6.21. The number of hydrogen-bond donors (Lipinski definition) is 0. The molecule has 3 rings (SSSR count). The van der Waals surface area contributed by atoms with Gasteiger partial charge in [-0.15, -0.1) is 11.6 Å². The lowest BCUT2D eigenvalue weighted by molar-refractivity contribution is 0.361. The molecule has 0 aromatic heterocycles. The molecule has 0 N–H and O–H groups in total. The van der Waals surface area contributed by atoms with Gasteiger partial charge in [0.05, 0.1) is 0 Å². The number of hydrogen-bond acceptors (Lipinski definition) is 0. The quantitative estimate of drug-likeness (QED) is 0.372. The van der Waals surface area contributed by atoms with Gasteiger partial charge in [0.2, 0.25) is 0 Å². The molecule has 0 nitrogen and oxygen atoms in total. The van der Waals surface area contributed by atoms with Crippen molar-refractivity contribution in [2.75, 3.05) is 0 Å². The maximum absolute atomic E-state index is 6.25. The van der Waals surface area contributed by atoms with Gasteiger partial charge in [-0.25, -0.2) is 0 Å². The topological polar surface area (TPSA) is 0 Å². The zero-order valence-electron chi connectivity index (χ0n) is 5.83. The molecule has 0 aromatic rings. The maximum atomic E-state index is 6.25. The molecule has 2 bridgehead atoms. The molecular weight excluding hydrogens is 144 g/mol. The summed E-state index contributed by atoms with van der Waals surface area (Å²) >= 11 is 6.25. The second-order valence-electron chi connectivity index (χ2n) is 3.97. The van der Waals surface area contributed by atoms with E-state index >= 15 is 0 Å². The molecule has 0 radical (unpaired) electrons. The molecule has 1 heteroatoms. The van der Waals surface area contributed by atoms with E-state index in [0.29, 0.717) is 5.38 Å². The summed E-state index contributed by atoms with van der Waals surface area (Å²) in [6.07, 6.45) is 7.56. The van der Waals surface area contributed by atoms with Crippen molar-refractivity contribution >= 4 is 11.6 Å². The second kappa shape index (κ2) is 1.61. The van der Waals surface area contributed by atoms with Crippen molar-refractivity contribution in [1.82, 2.24) is 0 Å². The Kier molecular flexibility index (Phi) is 0.909. The van der Waals surface area contributed by atoms with E-state index in [-0.39, 0.29) is 0 Å². The molecule has 54 valence electrons. The molecule has 5 unspecified atom stereocenters. The van der Waals surface area contributed by atoms with Gasteiger partial charge in [0.25, 0.3) is 0 Å². The lowest BCUT2D eigenvalue weighted by atomic mass is 9.87. The molecule has 0 amide bonds. The van der Waals surface area contributed by atoms with E-state index in [1.54, 1.807) is 0 Å². The van der Waals surface area contributed by atoms with Crippen LogP contribution in [-0.4, -0.2) is 5.38 Å². The highest BCUT2D eigenvalue weighted by atomic mass is 35.5. The van der Waals surface area contributed by atoms with Gasteiger partial charge < -0.3 is 0 Å². The molecule has 3 aliphatic carbocycles. The van der Waals surface area contributed by atoms with Crippen molar-refractivity contribution in [2.45, 2.75) is 18.2 Å². The van der Waals surface area contributed by atoms with Gasteiger partial charge in [-0.05, 0) is 36.5 Å². The van der Waals surface area contributed by atoms with Crippen LogP contribution in [0, 0.1) is 23.7 Å². The molecule has 0 spiro atoms. The summed E-state index contributed by atoms with van der Waals surface area (Å²) in [7, 11) is 0. The SMILES string of the molecule is ClC1C2CC3C=CC1C3C2. The average Bonchev–Trinajstić information content (AvgIpc) is 2.43. The Morgan fingerprint density at radius 1 is 1.20 bits per heavy atom. The third kappa shape index (κ3) is 0.471. The van der Waals surface area contributed by atoms with Crippen molar-refractivity contribution in [2.24, 2.45) is 23.7 Å². The largest absolute Gasteiger partial charge is 0.122 e. The predicted octanol–water partition coefficient (Wildman–Crippen LogP) is 2.44. The van der Waals surface area contributed by atoms with Crippen molar-refractivity contribution in [3.63, 3.8) is 0 Å². The molecule has 5 atom stereocenters. The third-order valence-corrected chi connectivity index (χ3v) is 4.24. The second-order valence-corrected chi connectivity index (χ2v) is 4.47. The van der Waals surface area contributed by atoms with E-state index in [2.05, 4.69) is 12.2 Å². The van der Waals surface area contributed by atoms with Crippen LogP contribution in [0.25, 0.3) is 0 Å². The number of rotatable bonds is 0. The standard InChI is InChI=1S/C9H11Cl/c10-9-6-3-5-1-2-7(9)8(5)4-6/h1-2,5-9H,3-4H2. The van der Waals surface area contributed by atoms with Gasteiger partial charge in [0.15, 0.2) is 0 Å². The number of allylic oxidation sites excluding steroid dienone is 2. The normalized spacial score (nSPS) is 62.3. The maximum Gasteiger partial charge on any atom is 0.0430 e. The fourth-order valence-corrected chi connectivity index (χ4v) is 3.62. The van der Waals surface area contributed by atoms with Gasteiger partial charge in [-0.2, -0.15) is 0 Å². The first-order valence-corrected chi connectivity index (χ1v) is 4.62. The zero-order valence-corrected chi connectivity index (χ0v) is 6.59. The van der Waals surface area contributed by atoms with Crippen LogP contribution in [0.4, 0.5) is 0 Å². The van der Waals surface area contributed by atoms with Crippen molar-refractivity contribution in [3.8, 4) is 0 Å². The summed E-state index contributed by atoms with van der Waals surface area (Å²) in [6.45, 7) is 0. The van der Waals surface area contributed by atoms with Crippen LogP contribution in [0.5, 0.6) is 0 Å². The molecule has 2 saturated carbocycles. The first-order valence-electron chi connectivity index (χ1n) is 4.18. The van der Waals surface area contributed by atoms with E-state index in [1.807, 2.05) is 0 Å². The van der Waals surface area contributed by atoms with Crippen LogP contribution < -0.4 is 0 Å². The first kappa shape index (κ1) is 5.65. The van der Waals surface area contributed by atoms with Crippen LogP contribution >= 0.6 is 11.6 Å². The summed E-state index contributed by atoms with van der Waals surface area (Å²) in [5.41, 5.74) is 0. The van der Waals surface area contributed by atoms with E-state index in [0.717, 1.165) is 23.7 Å². The zero-order chi connectivity index (χ0) is 6.72. The van der Waals surface area contributed by atoms with Crippen LogP contribution in [0.3, 0.4) is 0 Å². The Labute approximate surface area is 66.3 Å². The van der Waals surface area contributed by atoms with Crippen LogP contribution in [-0.2, 0) is 0 Å². The summed E-state index contributed by atoms with van der Waals surface area (Å²) in [4.78, 5) is 0. The molecule has 0 aromatic carbocycles. The molecule has 0 saturated heterocycles. The Hall–Kier alpha value is 0.0300. The van der Waals surface area contributed by atoms with Crippen LogP contribution in [0.1, 0.15) is 12.8 Å².